The molecule has 55 heavy (non-hydrogen) atoms. The van der Waals surface area contributed by atoms with Gasteiger partial charge in [0.15, 0.2) is 6.71 Å². The molecular weight excluding hydrogens is 681 g/mol. The van der Waals surface area contributed by atoms with E-state index in [1.54, 1.807) is 0 Å². The predicted molar refractivity (Wildman–Crippen MR) is 242 cm³/mol. The van der Waals surface area contributed by atoms with Crippen LogP contribution in [0, 0.1) is 0 Å². The first kappa shape index (κ1) is 35.0. The van der Waals surface area contributed by atoms with Crippen molar-refractivity contribution in [3.63, 3.8) is 0 Å². The van der Waals surface area contributed by atoms with Gasteiger partial charge in [0.1, 0.15) is 8.07 Å². The number of hydrogen-bond donors (Lipinski definition) is 1. The Morgan fingerprint density at radius 2 is 0.873 bits per heavy atom. The van der Waals surface area contributed by atoms with Crippen LogP contribution in [0.1, 0.15) is 25.7 Å². The second-order valence-corrected chi connectivity index (χ2v) is 20.3. The first-order chi connectivity index (χ1) is 26.9. The van der Waals surface area contributed by atoms with Gasteiger partial charge in [-0.15, -0.1) is 0 Å². The van der Waals surface area contributed by atoms with E-state index in [4.69, 9.17) is 0 Å². The summed E-state index contributed by atoms with van der Waals surface area (Å²) < 4.78 is 0. The zero-order chi connectivity index (χ0) is 37.4. The van der Waals surface area contributed by atoms with Crippen LogP contribution in [0.15, 0.2) is 176 Å². The fourth-order valence-electron chi connectivity index (χ4n) is 8.92. The molecule has 9 rings (SSSR count). The van der Waals surface area contributed by atoms with Gasteiger partial charge in [-0.2, -0.15) is 0 Å². The average Bonchev–Trinajstić information content (AvgIpc) is 3.91. The quantitative estimate of drug-likeness (QED) is 0.142. The van der Waals surface area contributed by atoms with Gasteiger partial charge < -0.3 is 14.8 Å². The molecule has 0 atom stereocenters. The number of rotatable bonds is 10. The van der Waals surface area contributed by atoms with Crippen molar-refractivity contribution in [2.24, 2.45) is 0 Å². The number of nitrogens with zero attached hydrogens (tertiary/aromatic N) is 2. The lowest BCUT2D eigenvalue weighted by Crippen LogP contribution is -2.52. The summed E-state index contributed by atoms with van der Waals surface area (Å²) in [5.41, 5.74) is 10.6. The SMILES string of the molecule is CB(c1ccc(N(c2ccccc2)c2ccc3c(c2)[nH]c2cc(N(c4ccccc4)c4ccc([Si](C)(C)c5ccccc5)cc4)ccc23)cc1)C1CCCC1. The summed E-state index contributed by atoms with van der Waals surface area (Å²) in [6.45, 7) is 7.89. The summed E-state index contributed by atoms with van der Waals surface area (Å²) in [7, 11) is -1.82. The summed E-state index contributed by atoms with van der Waals surface area (Å²) in [5.74, 6) is 0.806. The molecule has 8 aromatic rings. The molecule has 0 saturated heterocycles. The van der Waals surface area contributed by atoms with Crippen molar-refractivity contribution < 1.29 is 0 Å². The molecule has 0 bridgehead atoms. The molecule has 1 aliphatic carbocycles. The van der Waals surface area contributed by atoms with Crippen LogP contribution in [0.5, 0.6) is 0 Å². The average molecular weight is 730 g/mol. The highest BCUT2D eigenvalue weighted by Crippen LogP contribution is 2.40. The van der Waals surface area contributed by atoms with Crippen LogP contribution in [0.3, 0.4) is 0 Å². The van der Waals surface area contributed by atoms with Gasteiger partial charge in [0.2, 0.25) is 0 Å². The van der Waals surface area contributed by atoms with Crippen LogP contribution >= 0.6 is 0 Å². The van der Waals surface area contributed by atoms with Gasteiger partial charge in [-0.25, -0.2) is 0 Å². The molecule has 1 heterocycles. The van der Waals surface area contributed by atoms with E-state index < -0.39 is 8.07 Å². The Hall–Kier alpha value is -5.78. The molecule has 0 amide bonds. The smallest absolute Gasteiger partial charge is 0.175 e. The maximum atomic E-state index is 3.83. The van der Waals surface area contributed by atoms with Crippen molar-refractivity contribution in [2.75, 3.05) is 9.80 Å². The minimum Gasteiger partial charge on any atom is -0.354 e. The van der Waals surface area contributed by atoms with Gasteiger partial charge in [0.25, 0.3) is 0 Å². The Labute approximate surface area is 327 Å². The van der Waals surface area contributed by atoms with Crippen molar-refractivity contribution in [2.45, 2.75) is 51.4 Å². The maximum Gasteiger partial charge on any atom is 0.175 e. The van der Waals surface area contributed by atoms with E-state index in [-0.39, 0.29) is 0 Å². The number of nitrogens with one attached hydrogen (secondary N) is 1. The fraction of sp³-hybridized carbons (Fsp3) is 0.160. The molecular formula is C50H48BN3Si. The topological polar surface area (TPSA) is 22.3 Å². The molecule has 1 fully saturated rings. The number of anilines is 6. The van der Waals surface area contributed by atoms with Crippen molar-refractivity contribution >= 4 is 86.6 Å². The third-order valence-electron chi connectivity index (χ3n) is 12.2. The number of aromatic amines is 1. The Kier molecular flexibility index (Phi) is 9.41. The highest BCUT2D eigenvalue weighted by Gasteiger charge is 2.27. The second kappa shape index (κ2) is 14.8. The summed E-state index contributed by atoms with van der Waals surface area (Å²) in [5, 5.41) is 5.32. The van der Waals surface area contributed by atoms with Gasteiger partial charge in [0.05, 0.1) is 0 Å². The standard InChI is InChI=1S/C50H48BN3Si/c1-51(37-15-13-14-16-37)38-23-25-41(26-24-38)53(39-17-7-4-8-18-39)43-29-33-47-48-34-30-44(36-50(48)52-49(47)35-43)54(40-19-9-5-10-20-40)42-27-31-46(32-28-42)55(2,3)45-21-11-6-12-22-45/h4-12,17-37,52H,13-16H2,1-3H3. The van der Waals surface area contributed by atoms with Crippen LogP contribution in [-0.2, 0) is 0 Å². The minimum absolute atomic E-state index is 0.597. The monoisotopic (exact) mass is 729 g/mol. The molecule has 0 radical (unpaired) electrons. The van der Waals surface area contributed by atoms with Gasteiger partial charge in [0, 0.05) is 55.9 Å². The van der Waals surface area contributed by atoms with Crippen LogP contribution in [0.4, 0.5) is 34.1 Å². The molecule has 0 aliphatic heterocycles. The molecule has 5 heteroatoms. The van der Waals surface area contributed by atoms with Crippen molar-refractivity contribution in [3.8, 4) is 0 Å². The molecule has 1 N–H and O–H groups in total. The van der Waals surface area contributed by atoms with E-state index in [1.807, 2.05) is 0 Å². The van der Waals surface area contributed by atoms with E-state index in [1.165, 1.54) is 58.0 Å². The number of aromatic nitrogens is 1. The highest BCUT2D eigenvalue weighted by molar-refractivity contribution is 7.00. The largest absolute Gasteiger partial charge is 0.354 e. The molecule has 7 aromatic carbocycles. The van der Waals surface area contributed by atoms with Crippen LogP contribution < -0.4 is 25.6 Å². The Bertz CT molecular complexity index is 2530. The van der Waals surface area contributed by atoms with Crippen molar-refractivity contribution in [1.82, 2.24) is 4.98 Å². The minimum atomic E-state index is -1.82. The second-order valence-electron chi connectivity index (χ2n) is 15.9. The summed E-state index contributed by atoms with van der Waals surface area (Å²) in [6.07, 6.45) is 5.47. The lowest BCUT2D eigenvalue weighted by molar-refractivity contribution is 0.860. The molecule has 3 nitrogen and oxygen atoms in total. The predicted octanol–water partition coefficient (Wildman–Crippen LogP) is 12.4. The zero-order valence-electron chi connectivity index (χ0n) is 32.1. The first-order valence-electron chi connectivity index (χ1n) is 20.0. The molecule has 0 spiro atoms. The number of para-hydroxylation sites is 2. The third kappa shape index (κ3) is 6.79. The number of H-pyrrole nitrogens is 1. The zero-order valence-corrected chi connectivity index (χ0v) is 33.1. The summed E-state index contributed by atoms with van der Waals surface area (Å²) in [6, 6.07) is 64.7. The Morgan fingerprint density at radius 3 is 1.36 bits per heavy atom. The summed E-state index contributed by atoms with van der Waals surface area (Å²) in [4.78, 5) is 8.57. The highest BCUT2D eigenvalue weighted by atomic mass is 28.3. The lowest BCUT2D eigenvalue weighted by Gasteiger charge is -2.28. The number of benzene rings is 7. The lowest BCUT2D eigenvalue weighted by atomic mass is 9.38. The molecule has 1 saturated carbocycles. The first-order valence-corrected chi connectivity index (χ1v) is 23.0. The van der Waals surface area contributed by atoms with Crippen molar-refractivity contribution in [1.29, 1.82) is 0 Å². The van der Waals surface area contributed by atoms with Crippen LogP contribution in [0.25, 0.3) is 21.8 Å². The van der Waals surface area contributed by atoms with Gasteiger partial charge in [-0.1, -0.05) is 170 Å². The van der Waals surface area contributed by atoms with Crippen LogP contribution in [0.2, 0.25) is 25.7 Å². The van der Waals surface area contributed by atoms with Crippen molar-refractivity contribution in [3.05, 3.63) is 176 Å². The Morgan fingerprint density at radius 1 is 0.473 bits per heavy atom. The Balaban J connectivity index is 1.07. The van der Waals surface area contributed by atoms with E-state index in [0.29, 0.717) is 6.71 Å². The fourth-order valence-corrected chi connectivity index (χ4v) is 11.3. The van der Waals surface area contributed by atoms with E-state index in [0.717, 1.165) is 45.3 Å². The maximum absolute atomic E-state index is 3.83. The number of fused-ring (bicyclic) bond motifs is 3. The normalized spacial score (nSPS) is 13.4. The van der Waals surface area contributed by atoms with Gasteiger partial charge in [-0.3, -0.25) is 0 Å². The molecule has 1 aromatic heterocycles. The molecule has 1 aliphatic rings. The van der Waals surface area contributed by atoms with E-state index in [9.17, 15) is 0 Å². The molecule has 0 unspecified atom stereocenters. The van der Waals surface area contributed by atoms with Gasteiger partial charge >= 0.3 is 0 Å². The summed E-state index contributed by atoms with van der Waals surface area (Å²) >= 11 is 0. The number of hydrogen-bond acceptors (Lipinski definition) is 2. The molecule has 270 valence electrons. The van der Waals surface area contributed by atoms with E-state index >= 15 is 0 Å². The third-order valence-corrected chi connectivity index (χ3v) is 15.8. The van der Waals surface area contributed by atoms with E-state index in [2.05, 4.69) is 211 Å². The van der Waals surface area contributed by atoms with Gasteiger partial charge in [-0.05, 0) is 72.8 Å². The van der Waals surface area contributed by atoms with Crippen LogP contribution in [-0.4, -0.2) is 19.8 Å².